The SMILES string of the molecule is COC(=O)C1CC[NH+](CC(=O)Nc2ccc(F)cc2F)CC1. The van der Waals surface area contributed by atoms with Gasteiger partial charge in [-0.25, -0.2) is 8.78 Å². The molecular weight excluding hydrogens is 294 g/mol. The van der Waals surface area contributed by atoms with E-state index in [9.17, 15) is 18.4 Å². The minimum absolute atomic E-state index is 0.0322. The van der Waals surface area contributed by atoms with Gasteiger partial charge in [0.1, 0.15) is 11.6 Å². The minimum Gasteiger partial charge on any atom is -0.469 e. The van der Waals surface area contributed by atoms with Gasteiger partial charge in [-0.3, -0.25) is 9.59 Å². The molecule has 2 rings (SSSR count). The number of anilines is 1. The lowest BCUT2D eigenvalue weighted by molar-refractivity contribution is -0.897. The van der Waals surface area contributed by atoms with Crippen molar-refractivity contribution in [2.75, 3.05) is 32.1 Å². The van der Waals surface area contributed by atoms with Gasteiger partial charge in [-0.15, -0.1) is 0 Å². The monoisotopic (exact) mass is 313 g/mol. The number of halogens is 2. The van der Waals surface area contributed by atoms with Crippen molar-refractivity contribution < 1.29 is 28.0 Å². The fourth-order valence-electron chi connectivity index (χ4n) is 2.62. The second kappa shape index (κ2) is 7.31. The molecule has 1 fully saturated rings. The van der Waals surface area contributed by atoms with Crippen LogP contribution in [-0.2, 0) is 14.3 Å². The van der Waals surface area contributed by atoms with Crippen molar-refractivity contribution in [3.63, 3.8) is 0 Å². The van der Waals surface area contributed by atoms with Crippen LogP contribution >= 0.6 is 0 Å². The molecule has 2 N–H and O–H groups in total. The van der Waals surface area contributed by atoms with Crippen molar-refractivity contribution in [1.82, 2.24) is 0 Å². The van der Waals surface area contributed by atoms with E-state index >= 15 is 0 Å². The molecule has 7 heteroatoms. The van der Waals surface area contributed by atoms with Crippen LogP contribution in [0, 0.1) is 17.6 Å². The van der Waals surface area contributed by atoms with Gasteiger partial charge in [0, 0.05) is 18.9 Å². The van der Waals surface area contributed by atoms with Crippen molar-refractivity contribution >= 4 is 17.6 Å². The molecular formula is C15H19F2N2O3+. The van der Waals surface area contributed by atoms with Gasteiger partial charge in [-0.05, 0) is 12.1 Å². The van der Waals surface area contributed by atoms with E-state index in [0.29, 0.717) is 25.9 Å². The molecule has 0 aliphatic carbocycles. The number of ether oxygens (including phenoxy) is 1. The van der Waals surface area contributed by atoms with Gasteiger partial charge in [0.25, 0.3) is 5.91 Å². The molecule has 1 heterocycles. The average Bonchev–Trinajstić information content (AvgIpc) is 2.50. The third-order valence-electron chi connectivity index (χ3n) is 3.84. The molecule has 0 bridgehead atoms. The minimum atomic E-state index is -0.798. The molecule has 5 nitrogen and oxygen atoms in total. The highest BCUT2D eigenvalue weighted by Gasteiger charge is 2.29. The molecule has 1 aromatic carbocycles. The summed E-state index contributed by atoms with van der Waals surface area (Å²) in [5.41, 5.74) is -0.0322. The Bertz CT molecular complexity index is 558. The van der Waals surface area contributed by atoms with Crippen LogP contribution in [0.3, 0.4) is 0 Å². The Morgan fingerprint density at radius 2 is 2.00 bits per heavy atom. The van der Waals surface area contributed by atoms with Crippen molar-refractivity contribution in [2.45, 2.75) is 12.8 Å². The standard InChI is InChI=1S/C15H18F2N2O3/c1-22-15(21)10-4-6-19(7-5-10)9-14(20)18-13-3-2-11(16)8-12(13)17/h2-3,8,10H,4-7,9H2,1H3,(H,18,20)/p+1. The van der Waals surface area contributed by atoms with Crippen LogP contribution < -0.4 is 10.2 Å². The van der Waals surface area contributed by atoms with Crippen molar-refractivity contribution in [1.29, 1.82) is 0 Å². The first-order chi connectivity index (χ1) is 10.5. The van der Waals surface area contributed by atoms with Crippen LogP contribution in [0.5, 0.6) is 0 Å². The Kier molecular flexibility index (Phi) is 5.43. The van der Waals surface area contributed by atoms with E-state index in [1.165, 1.54) is 13.2 Å². The lowest BCUT2D eigenvalue weighted by Gasteiger charge is -2.27. The largest absolute Gasteiger partial charge is 0.469 e. The summed E-state index contributed by atoms with van der Waals surface area (Å²) in [7, 11) is 1.37. The lowest BCUT2D eigenvalue weighted by Crippen LogP contribution is -3.14. The molecule has 1 aliphatic rings. The Morgan fingerprint density at radius 1 is 1.32 bits per heavy atom. The van der Waals surface area contributed by atoms with E-state index in [2.05, 4.69) is 5.32 Å². The number of methoxy groups -OCH3 is 1. The van der Waals surface area contributed by atoms with E-state index < -0.39 is 11.6 Å². The van der Waals surface area contributed by atoms with Crippen LogP contribution in [0.25, 0.3) is 0 Å². The molecule has 1 amide bonds. The Labute approximate surface area is 127 Å². The van der Waals surface area contributed by atoms with E-state index in [1.807, 2.05) is 0 Å². The number of carbonyl (C=O) groups is 2. The normalized spacial score (nSPS) is 21.2. The Balaban J connectivity index is 1.82. The summed E-state index contributed by atoms with van der Waals surface area (Å²) in [6.45, 7) is 1.54. The predicted octanol–water partition coefficient (Wildman–Crippen LogP) is 0.371. The number of carbonyl (C=O) groups excluding carboxylic acids is 2. The summed E-state index contributed by atoms with van der Waals surface area (Å²) in [5, 5.41) is 2.44. The number of benzene rings is 1. The van der Waals surface area contributed by atoms with Gasteiger partial charge in [0.05, 0.1) is 31.8 Å². The van der Waals surface area contributed by atoms with Crippen molar-refractivity contribution in [2.24, 2.45) is 5.92 Å². The fraction of sp³-hybridized carbons (Fsp3) is 0.467. The van der Waals surface area contributed by atoms with Crippen molar-refractivity contribution in [3.05, 3.63) is 29.8 Å². The highest BCUT2D eigenvalue weighted by atomic mass is 19.1. The van der Waals surface area contributed by atoms with Gasteiger partial charge < -0.3 is 15.0 Å². The summed E-state index contributed by atoms with van der Waals surface area (Å²) in [4.78, 5) is 24.4. The molecule has 0 aromatic heterocycles. The van der Waals surface area contributed by atoms with Crippen LogP contribution in [0.2, 0.25) is 0 Å². The molecule has 1 aliphatic heterocycles. The lowest BCUT2D eigenvalue weighted by atomic mass is 9.97. The zero-order valence-electron chi connectivity index (χ0n) is 12.3. The number of hydrogen-bond donors (Lipinski definition) is 2. The maximum absolute atomic E-state index is 13.5. The zero-order chi connectivity index (χ0) is 16.1. The topological polar surface area (TPSA) is 59.8 Å². The van der Waals surface area contributed by atoms with E-state index in [0.717, 1.165) is 17.0 Å². The van der Waals surface area contributed by atoms with Crippen LogP contribution in [0.4, 0.5) is 14.5 Å². The quantitative estimate of drug-likeness (QED) is 0.790. The molecule has 0 radical (unpaired) electrons. The first-order valence-electron chi connectivity index (χ1n) is 7.16. The highest BCUT2D eigenvalue weighted by molar-refractivity contribution is 5.91. The first kappa shape index (κ1) is 16.4. The number of amides is 1. The number of likely N-dealkylation sites (tertiary alicyclic amines) is 1. The number of piperidine rings is 1. The average molecular weight is 313 g/mol. The van der Waals surface area contributed by atoms with Gasteiger partial charge >= 0.3 is 5.97 Å². The smallest absolute Gasteiger partial charge is 0.309 e. The molecule has 0 spiro atoms. The molecule has 0 atom stereocenters. The first-order valence-corrected chi connectivity index (χ1v) is 7.16. The number of esters is 1. The van der Waals surface area contributed by atoms with E-state index in [4.69, 9.17) is 4.74 Å². The fourth-order valence-corrected chi connectivity index (χ4v) is 2.62. The second-order valence-electron chi connectivity index (χ2n) is 5.40. The Hall–Kier alpha value is -2.02. The van der Waals surface area contributed by atoms with E-state index in [-0.39, 0.29) is 30.0 Å². The summed E-state index contributed by atoms with van der Waals surface area (Å²) in [6.07, 6.45) is 1.33. The molecule has 0 saturated carbocycles. The molecule has 0 unspecified atom stereocenters. The molecule has 120 valence electrons. The van der Waals surface area contributed by atoms with Crippen LogP contribution in [-0.4, -0.2) is 38.6 Å². The maximum atomic E-state index is 13.5. The van der Waals surface area contributed by atoms with E-state index in [1.54, 1.807) is 0 Å². The molecule has 1 saturated heterocycles. The summed E-state index contributed by atoms with van der Waals surface area (Å²) in [6, 6.07) is 3.01. The molecule has 22 heavy (non-hydrogen) atoms. The highest BCUT2D eigenvalue weighted by Crippen LogP contribution is 2.14. The van der Waals surface area contributed by atoms with Crippen molar-refractivity contribution in [3.8, 4) is 0 Å². The number of rotatable bonds is 4. The number of hydrogen-bond acceptors (Lipinski definition) is 3. The second-order valence-corrected chi connectivity index (χ2v) is 5.40. The zero-order valence-corrected chi connectivity index (χ0v) is 12.3. The van der Waals surface area contributed by atoms with Gasteiger partial charge in [-0.2, -0.15) is 0 Å². The maximum Gasteiger partial charge on any atom is 0.309 e. The van der Waals surface area contributed by atoms with Crippen LogP contribution in [0.15, 0.2) is 18.2 Å². The number of nitrogens with one attached hydrogen (secondary N) is 2. The number of quaternary nitrogens is 1. The third kappa shape index (κ3) is 4.24. The predicted molar refractivity (Wildman–Crippen MR) is 75.3 cm³/mol. The summed E-state index contributed by atoms with van der Waals surface area (Å²) < 4.78 is 31.0. The summed E-state index contributed by atoms with van der Waals surface area (Å²) >= 11 is 0. The van der Waals surface area contributed by atoms with Crippen LogP contribution in [0.1, 0.15) is 12.8 Å². The van der Waals surface area contributed by atoms with Gasteiger partial charge in [0.2, 0.25) is 0 Å². The summed E-state index contributed by atoms with van der Waals surface area (Å²) in [5.74, 6) is -2.14. The Morgan fingerprint density at radius 3 is 2.59 bits per heavy atom. The molecule has 1 aromatic rings. The van der Waals surface area contributed by atoms with Gasteiger partial charge in [-0.1, -0.05) is 0 Å². The third-order valence-corrected chi connectivity index (χ3v) is 3.84. The van der Waals surface area contributed by atoms with Gasteiger partial charge in [0.15, 0.2) is 6.54 Å².